The predicted molar refractivity (Wildman–Crippen MR) is 140 cm³/mol. The van der Waals surface area contributed by atoms with Crippen LogP contribution in [0, 0.1) is 18.3 Å². The quantitative estimate of drug-likeness (QED) is 0.229. The van der Waals surface area contributed by atoms with Gasteiger partial charge in [-0.3, -0.25) is 4.79 Å². The van der Waals surface area contributed by atoms with Crippen molar-refractivity contribution in [3.63, 3.8) is 0 Å². The number of carbonyl (C=O) groups excluding carboxylic acids is 1. The smallest absolute Gasteiger partial charge is 0.266 e. The van der Waals surface area contributed by atoms with Gasteiger partial charge in [0, 0.05) is 27.9 Å². The van der Waals surface area contributed by atoms with Crippen molar-refractivity contribution in [3.8, 4) is 17.6 Å². The minimum atomic E-state index is -0.526. The van der Waals surface area contributed by atoms with Crippen LogP contribution in [0.3, 0.4) is 0 Å². The van der Waals surface area contributed by atoms with Crippen molar-refractivity contribution < 1.29 is 14.3 Å². The van der Waals surface area contributed by atoms with E-state index in [0.717, 1.165) is 21.9 Å². The number of halogens is 1. The number of ether oxygens (including phenoxy) is 2. The Hall–Kier alpha value is -4.27. The summed E-state index contributed by atoms with van der Waals surface area (Å²) >= 11 is 5.90. The van der Waals surface area contributed by atoms with Crippen LogP contribution < -0.4 is 14.8 Å². The van der Waals surface area contributed by atoms with Gasteiger partial charge in [0.15, 0.2) is 0 Å². The van der Waals surface area contributed by atoms with E-state index >= 15 is 0 Å². The number of fused-ring (bicyclic) bond motifs is 1. The molecule has 0 saturated heterocycles. The summed E-state index contributed by atoms with van der Waals surface area (Å²) in [5.41, 5.74) is 3.26. The van der Waals surface area contributed by atoms with E-state index < -0.39 is 5.91 Å². The number of hydrogen-bond acceptors (Lipinski definition) is 4. The molecule has 1 amide bonds. The fraction of sp³-hybridized carbons (Fsp3) is 0.103. The van der Waals surface area contributed by atoms with Gasteiger partial charge in [0.25, 0.3) is 5.91 Å². The highest BCUT2D eigenvalue weighted by atomic mass is 35.5. The number of nitriles is 1. The van der Waals surface area contributed by atoms with Gasteiger partial charge in [-0.2, -0.15) is 5.26 Å². The number of carbonyl (C=O) groups is 1. The summed E-state index contributed by atoms with van der Waals surface area (Å²) in [7, 11) is 1.57. The summed E-state index contributed by atoms with van der Waals surface area (Å²) in [5.74, 6) is 0.584. The normalized spacial score (nSPS) is 11.1. The molecule has 1 N–H and O–H groups in total. The van der Waals surface area contributed by atoms with Crippen LogP contribution in [0.4, 0.5) is 5.69 Å². The molecule has 0 spiro atoms. The zero-order valence-corrected chi connectivity index (χ0v) is 20.1. The molecule has 0 aliphatic carbocycles. The van der Waals surface area contributed by atoms with Gasteiger partial charge in [0.2, 0.25) is 0 Å². The average molecular weight is 483 g/mol. The molecule has 6 heteroatoms. The highest BCUT2D eigenvalue weighted by Gasteiger charge is 2.13. The molecule has 4 rings (SSSR count). The van der Waals surface area contributed by atoms with Gasteiger partial charge < -0.3 is 14.8 Å². The highest BCUT2D eigenvalue weighted by molar-refractivity contribution is 6.30. The number of aryl methyl sites for hydroxylation is 1. The number of nitrogens with one attached hydrogen (secondary N) is 1. The first-order valence-electron chi connectivity index (χ1n) is 11.0. The van der Waals surface area contributed by atoms with E-state index in [0.29, 0.717) is 34.4 Å². The number of methoxy groups -OCH3 is 1. The Morgan fingerprint density at radius 1 is 1.06 bits per heavy atom. The fourth-order valence-electron chi connectivity index (χ4n) is 3.71. The van der Waals surface area contributed by atoms with Crippen LogP contribution >= 0.6 is 11.6 Å². The molecule has 0 heterocycles. The Kier molecular flexibility index (Phi) is 7.35. The molecule has 5 nitrogen and oxygen atoms in total. The molecule has 0 radical (unpaired) electrons. The van der Waals surface area contributed by atoms with E-state index in [1.54, 1.807) is 49.6 Å². The summed E-state index contributed by atoms with van der Waals surface area (Å²) in [6.07, 6.45) is 1.51. The molecule has 0 aliphatic heterocycles. The van der Waals surface area contributed by atoms with Crippen LogP contribution in [0.5, 0.6) is 11.5 Å². The van der Waals surface area contributed by atoms with Crippen LogP contribution in [0.25, 0.3) is 16.8 Å². The summed E-state index contributed by atoms with van der Waals surface area (Å²) in [4.78, 5) is 12.7. The number of anilines is 1. The maximum atomic E-state index is 12.7. The zero-order chi connectivity index (χ0) is 24.8. The lowest BCUT2D eigenvalue weighted by molar-refractivity contribution is -0.112. The van der Waals surface area contributed by atoms with Crippen LogP contribution in [-0.4, -0.2) is 13.0 Å². The molecule has 174 valence electrons. The van der Waals surface area contributed by atoms with Crippen molar-refractivity contribution in [2.24, 2.45) is 0 Å². The Bertz CT molecular complexity index is 1450. The molecule has 0 fully saturated rings. The molecule has 0 bridgehead atoms. The average Bonchev–Trinajstić information content (AvgIpc) is 2.88. The lowest BCUT2D eigenvalue weighted by Gasteiger charge is -2.15. The molecule has 4 aromatic carbocycles. The van der Waals surface area contributed by atoms with Gasteiger partial charge in [-0.05, 0) is 65.7 Å². The van der Waals surface area contributed by atoms with Crippen LogP contribution in [0.1, 0.15) is 16.7 Å². The van der Waals surface area contributed by atoms with E-state index in [1.807, 2.05) is 25.1 Å². The summed E-state index contributed by atoms with van der Waals surface area (Å²) < 4.78 is 11.6. The summed E-state index contributed by atoms with van der Waals surface area (Å²) in [5, 5.41) is 15.2. The largest absolute Gasteiger partial charge is 0.497 e. The van der Waals surface area contributed by atoms with Crippen LogP contribution in [0.2, 0.25) is 5.02 Å². The number of benzene rings is 4. The first kappa shape index (κ1) is 23.9. The zero-order valence-electron chi connectivity index (χ0n) is 19.3. The maximum absolute atomic E-state index is 12.7. The van der Waals surface area contributed by atoms with Gasteiger partial charge in [-0.25, -0.2) is 0 Å². The van der Waals surface area contributed by atoms with E-state index in [1.165, 1.54) is 6.08 Å². The van der Waals surface area contributed by atoms with Gasteiger partial charge in [0.05, 0.1) is 7.11 Å². The number of hydrogen-bond donors (Lipinski definition) is 1. The lowest BCUT2D eigenvalue weighted by Crippen LogP contribution is -2.13. The molecule has 0 unspecified atom stereocenters. The van der Waals surface area contributed by atoms with Gasteiger partial charge in [0.1, 0.15) is 29.7 Å². The first-order valence-corrected chi connectivity index (χ1v) is 11.3. The standard InChI is InChI=1S/C29H23ClN2O3/c1-19-7-8-20-5-3-4-6-26(20)27(19)18-35-28-16-25(34-2)14-9-21(28)15-22(17-31)29(33)32-24-12-10-23(30)11-13-24/h3-16H,18H2,1-2H3,(H,32,33)/b22-15+. The molecule has 0 atom stereocenters. The number of nitrogens with zero attached hydrogens (tertiary/aromatic N) is 1. The molecule has 0 aromatic heterocycles. The maximum Gasteiger partial charge on any atom is 0.266 e. The van der Waals surface area contributed by atoms with Crippen molar-refractivity contribution >= 4 is 40.0 Å². The van der Waals surface area contributed by atoms with E-state index in [9.17, 15) is 10.1 Å². The fourth-order valence-corrected chi connectivity index (χ4v) is 3.83. The Morgan fingerprint density at radius 3 is 2.57 bits per heavy atom. The van der Waals surface area contributed by atoms with Crippen LogP contribution in [-0.2, 0) is 11.4 Å². The predicted octanol–water partition coefficient (Wildman–Crippen LogP) is 6.93. The third-order valence-corrected chi connectivity index (χ3v) is 5.89. The summed E-state index contributed by atoms with van der Waals surface area (Å²) in [6.45, 7) is 2.37. The molecule has 0 aliphatic rings. The Morgan fingerprint density at radius 2 is 1.83 bits per heavy atom. The topological polar surface area (TPSA) is 71.3 Å². The molecule has 35 heavy (non-hydrogen) atoms. The second kappa shape index (κ2) is 10.8. The minimum Gasteiger partial charge on any atom is -0.497 e. The third-order valence-electron chi connectivity index (χ3n) is 5.63. The monoisotopic (exact) mass is 482 g/mol. The molecular formula is C29H23ClN2O3. The van der Waals surface area contributed by atoms with Gasteiger partial charge >= 0.3 is 0 Å². The molecular weight excluding hydrogens is 460 g/mol. The second-order valence-corrected chi connectivity index (χ2v) is 8.34. The van der Waals surface area contributed by atoms with Crippen molar-refractivity contribution in [1.82, 2.24) is 0 Å². The van der Waals surface area contributed by atoms with Gasteiger partial charge in [-0.1, -0.05) is 48.0 Å². The summed E-state index contributed by atoms with van der Waals surface area (Å²) in [6, 6.07) is 26.2. The minimum absolute atomic E-state index is 0.0590. The number of amides is 1. The highest BCUT2D eigenvalue weighted by Crippen LogP contribution is 2.30. The van der Waals surface area contributed by atoms with Crippen molar-refractivity contribution in [3.05, 3.63) is 106 Å². The third kappa shape index (κ3) is 5.63. The molecule has 4 aromatic rings. The van der Waals surface area contributed by atoms with Crippen molar-refractivity contribution in [1.29, 1.82) is 5.26 Å². The van der Waals surface area contributed by atoms with Crippen molar-refractivity contribution in [2.75, 3.05) is 12.4 Å². The molecule has 0 saturated carbocycles. The van der Waals surface area contributed by atoms with Gasteiger partial charge in [-0.15, -0.1) is 0 Å². The van der Waals surface area contributed by atoms with E-state index in [2.05, 4.69) is 29.6 Å². The van der Waals surface area contributed by atoms with E-state index in [-0.39, 0.29) is 5.57 Å². The Balaban J connectivity index is 1.63. The van der Waals surface area contributed by atoms with E-state index in [4.69, 9.17) is 21.1 Å². The Labute approximate surface area is 209 Å². The van der Waals surface area contributed by atoms with Crippen molar-refractivity contribution in [2.45, 2.75) is 13.5 Å². The lowest BCUT2D eigenvalue weighted by atomic mass is 10.0. The first-order chi connectivity index (χ1) is 17.0. The SMILES string of the molecule is COc1ccc(/C=C(\C#N)C(=O)Nc2ccc(Cl)cc2)c(OCc2c(C)ccc3ccccc23)c1. The second-order valence-electron chi connectivity index (χ2n) is 7.91. The van der Waals surface area contributed by atoms with Crippen LogP contribution in [0.15, 0.2) is 84.4 Å². The number of rotatable bonds is 7.